The Hall–Kier alpha value is -1.06. The first-order valence-corrected chi connectivity index (χ1v) is 7.36. The van der Waals surface area contributed by atoms with Crippen molar-refractivity contribution in [1.82, 2.24) is 4.90 Å². The van der Waals surface area contributed by atoms with E-state index in [0.29, 0.717) is 6.54 Å². The lowest BCUT2D eigenvalue weighted by Gasteiger charge is -2.24. The van der Waals surface area contributed by atoms with Crippen molar-refractivity contribution in [2.45, 2.75) is 33.1 Å². The minimum atomic E-state index is 0. The summed E-state index contributed by atoms with van der Waals surface area (Å²) in [6.45, 7) is 7.74. The van der Waals surface area contributed by atoms with Crippen LogP contribution in [0.25, 0.3) is 0 Å². The molecular formula is C16H25ClN2O. The van der Waals surface area contributed by atoms with Gasteiger partial charge in [0.2, 0.25) is 5.91 Å². The topological polar surface area (TPSA) is 23.6 Å². The zero-order valence-corrected chi connectivity index (χ0v) is 13.3. The fourth-order valence-corrected chi connectivity index (χ4v) is 2.78. The molecule has 0 atom stereocenters. The molecular weight excluding hydrogens is 272 g/mol. The Balaban J connectivity index is 0.00000200. The first-order valence-electron chi connectivity index (χ1n) is 7.36. The lowest BCUT2D eigenvalue weighted by atomic mass is 10.2. The number of rotatable bonds is 6. The molecule has 0 unspecified atom stereocenters. The van der Waals surface area contributed by atoms with Crippen LogP contribution in [0.15, 0.2) is 24.3 Å². The monoisotopic (exact) mass is 296 g/mol. The number of amides is 1. The van der Waals surface area contributed by atoms with Crippen LogP contribution in [0.3, 0.4) is 0 Å². The summed E-state index contributed by atoms with van der Waals surface area (Å²) in [4.78, 5) is 16.7. The molecule has 0 spiro atoms. The molecule has 0 radical (unpaired) electrons. The maximum atomic E-state index is 12.5. The molecule has 1 aliphatic heterocycles. The van der Waals surface area contributed by atoms with Gasteiger partial charge in [0.15, 0.2) is 0 Å². The lowest BCUT2D eigenvalue weighted by molar-refractivity contribution is -0.119. The van der Waals surface area contributed by atoms with E-state index < -0.39 is 0 Å². The molecule has 2 rings (SSSR count). The number of halogens is 1. The van der Waals surface area contributed by atoms with E-state index >= 15 is 0 Å². The van der Waals surface area contributed by atoms with Crippen molar-refractivity contribution >= 4 is 24.0 Å². The van der Waals surface area contributed by atoms with E-state index in [1.54, 1.807) is 0 Å². The summed E-state index contributed by atoms with van der Waals surface area (Å²) >= 11 is 0. The minimum absolute atomic E-state index is 0. The number of fused-ring (bicyclic) bond motifs is 1. The van der Waals surface area contributed by atoms with Crippen molar-refractivity contribution in [1.29, 1.82) is 0 Å². The van der Waals surface area contributed by atoms with Crippen molar-refractivity contribution in [3.63, 3.8) is 0 Å². The molecule has 20 heavy (non-hydrogen) atoms. The van der Waals surface area contributed by atoms with E-state index in [1.807, 2.05) is 17.0 Å². The number of benzene rings is 1. The van der Waals surface area contributed by atoms with Crippen LogP contribution in [0.4, 0.5) is 5.69 Å². The Morgan fingerprint density at radius 3 is 2.50 bits per heavy atom. The SMILES string of the molecule is CCCN(CCC)CC(=O)N1CCc2ccccc21.Cl. The average Bonchev–Trinajstić information content (AvgIpc) is 2.83. The third kappa shape index (κ3) is 3.97. The molecule has 1 amide bonds. The normalized spacial score (nSPS) is 13.2. The average molecular weight is 297 g/mol. The highest BCUT2D eigenvalue weighted by Crippen LogP contribution is 2.27. The molecule has 1 aromatic carbocycles. The number of hydrogen-bond acceptors (Lipinski definition) is 2. The van der Waals surface area contributed by atoms with Gasteiger partial charge in [-0.05, 0) is 44.0 Å². The summed E-state index contributed by atoms with van der Waals surface area (Å²) in [7, 11) is 0. The molecule has 1 aromatic rings. The molecule has 0 saturated heterocycles. The van der Waals surface area contributed by atoms with Crippen molar-refractivity contribution in [2.24, 2.45) is 0 Å². The smallest absolute Gasteiger partial charge is 0.241 e. The van der Waals surface area contributed by atoms with E-state index in [4.69, 9.17) is 0 Å². The first kappa shape index (κ1) is 17.0. The molecule has 0 bridgehead atoms. The zero-order chi connectivity index (χ0) is 13.7. The summed E-state index contributed by atoms with van der Waals surface area (Å²) in [5.41, 5.74) is 2.41. The molecule has 3 nitrogen and oxygen atoms in total. The van der Waals surface area contributed by atoms with Gasteiger partial charge in [0.25, 0.3) is 0 Å². The Bertz CT molecular complexity index is 430. The molecule has 0 fully saturated rings. The Kier molecular flexibility index (Phi) is 7.03. The number of carbonyl (C=O) groups is 1. The van der Waals surface area contributed by atoms with Crippen LogP contribution in [-0.2, 0) is 11.2 Å². The van der Waals surface area contributed by atoms with E-state index in [9.17, 15) is 4.79 Å². The van der Waals surface area contributed by atoms with Crippen LogP contribution in [0, 0.1) is 0 Å². The van der Waals surface area contributed by atoms with Gasteiger partial charge in [0, 0.05) is 12.2 Å². The Labute approximate surface area is 128 Å². The van der Waals surface area contributed by atoms with Crippen LogP contribution < -0.4 is 4.90 Å². The molecule has 0 aliphatic carbocycles. The van der Waals surface area contributed by atoms with Crippen LogP contribution in [0.2, 0.25) is 0 Å². The maximum absolute atomic E-state index is 12.5. The van der Waals surface area contributed by atoms with Gasteiger partial charge < -0.3 is 4.90 Å². The van der Waals surface area contributed by atoms with E-state index in [2.05, 4.69) is 30.9 Å². The summed E-state index contributed by atoms with van der Waals surface area (Å²) in [6.07, 6.45) is 3.19. The van der Waals surface area contributed by atoms with Gasteiger partial charge >= 0.3 is 0 Å². The summed E-state index contributed by atoms with van der Waals surface area (Å²) in [5, 5.41) is 0. The second-order valence-electron chi connectivity index (χ2n) is 5.20. The first-order chi connectivity index (χ1) is 9.26. The minimum Gasteiger partial charge on any atom is -0.311 e. The van der Waals surface area contributed by atoms with Crippen molar-refractivity contribution in [3.05, 3.63) is 29.8 Å². The van der Waals surface area contributed by atoms with Gasteiger partial charge in [-0.15, -0.1) is 12.4 Å². The van der Waals surface area contributed by atoms with Crippen LogP contribution in [0.5, 0.6) is 0 Å². The quantitative estimate of drug-likeness (QED) is 0.805. The predicted octanol–water partition coefficient (Wildman–Crippen LogP) is 3.12. The number of para-hydroxylation sites is 1. The Morgan fingerprint density at radius 2 is 1.85 bits per heavy atom. The van der Waals surface area contributed by atoms with Crippen LogP contribution >= 0.6 is 12.4 Å². The third-order valence-corrected chi connectivity index (χ3v) is 3.63. The second-order valence-corrected chi connectivity index (χ2v) is 5.20. The maximum Gasteiger partial charge on any atom is 0.241 e. The molecule has 0 aromatic heterocycles. The van der Waals surface area contributed by atoms with Gasteiger partial charge in [-0.25, -0.2) is 0 Å². The summed E-state index contributed by atoms with van der Waals surface area (Å²) < 4.78 is 0. The van der Waals surface area contributed by atoms with Gasteiger partial charge in [-0.2, -0.15) is 0 Å². The molecule has 0 N–H and O–H groups in total. The summed E-state index contributed by atoms with van der Waals surface area (Å²) in [5.74, 6) is 0.242. The zero-order valence-electron chi connectivity index (χ0n) is 12.5. The number of carbonyl (C=O) groups excluding carboxylic acids is 1. The molecule has 0 saturated carbocycles. The van der Waals surface area contributed by atoms with Gasteiger partial charge in [-0.1, -0.05) is 32.0 Å². The second kappa shape index (κ2) is 8.28. The molecule has 112 valence electrons. The number of nitrogens with zero attached hydrogens (tertiary/aromatic N) is 2. The molecule has 1 aliphatic rings. The van der Waals surface area contributed by atoms with E-state index in [-0.39, 0.29) is 18.3 Å². The third-order valence-electron chi connectivity index (χ3n) is 3.63. The van der Waals surface area contributed by atoms with Gasteiger partial charge in [0.1, 0.15) is 0 Å². The highest BCUT2D eigenvalue weighted by molar-refractivity contribution is 5.96. The number of hydrogen-bond donors (Lipinski definition) is 0. The largest absolute Gasteiger partial charge is 0.311 e. The van der Waals surface area contributed by atoms with E-state index in [1.165, 1.54) is 5.56 Å². The predicted molar refractivity (Wildman–Crippen MR) is 86.8 cm³/mol. The Morgan fingerprint density at radius 1 is 1.20 bits per heavy atom. The van der Waals surface area contributed by atoms with Crippen LogP contribution in [-0.4, -0.2) is 37.0 Å². The summed E-state index contributed by atoms with van der Waals surface area (Å²) in [6, 6.07) is 8.25. The standard InChI is InChI=1S/C16H24N2O.ClH/c1-3-10-17(11-4-2)13-16(19)18-12-9-14-7-5-6-8-15(14)18;/h5-8H,3-4,9-13H2,1-2H3;1H. The van der Waals surface area contributed by atoms with Crippen molar-refractivity contribution < 1.29 is 4.79 Å². The van der Waals surface area contributed by atoms with Gasteiger partial charge in [-0.3, -0.25) is 9.69 Å². The molecule has 4 heteroatoms. The van der Waals surface area contributed by atoms with Crippen LogP contribution in [0.1, 0.15) is 32.3 Å². The fourth-order valence-electron chi connectivity index (χ4n) is 2.78. The van der Waals surface area contributed by atoms with E-state index in [0.717, 1.165) is 44.6 Å². The van der Waals surface area contributed by atoms with Crippen molar-refractivity contribution in [3.8, 4) is 0 Å². The fraction of sp³-hybridized carbons (Fsp3) is 0.562. The lowest BCUT2D eigenvalue weighted by Crippen LogP contribution is -2.40. The van der Waals surface area contributed by atoms with Crippen molar-refractivity contribution in [2.75, 3.05) is 31.1 Å². The highest BCUT2D eigenvalue weighted by Gasteiger charge is 2.24. The van der Waals surface area contributed by atoms with Gasteiger partial charge in [0.05, 0.1) is 6.54 Å². The molecule has 1 heterocycles. The highest BCUT2D eigenvalue weighted by atomic mass is 35.5. The number of anilines is 1.